The normalized spacial score (nSPS) is 18.5. The molecule has 1 amide bonds. The molecule has 3 heterocycles. The lowest BCUT2D eigenvalue weighted by Gasteiger charge is -2.38. The molecule has 28 heavy (non-hydrogen) atoms. The maximum atomic E-state index is 13.9. The van der Waals surface area contributed by atoms with Gasteiger partial charge in [-0.25, -0.2) is 4.39 Å². The van der Waals surface area contributed by atoms with Crippen molar-refractivity contribution in [2.45, 2.75) is 0 Å². The fourth-order valence-electron chi connectivity index (χ4n) is 3.65. The number of aromatic nitrogens is 2. The number of carbonyl (C=O) groups excluding carboxylic acids is 1. The van der Waals surface area contributed by atoms with Crippen molar-refractivity contribution in [3.63, 3.8) is 0 Å². The number of hydrogen-bond acceptors (Lipinski definition) is 8. The van der Waals surface area contributed by atoms with Gasteiger partial charge in [0.05, 0.1) is 12.2 Å². The van der Waals surface area contributed by atoms with Crippen LogP contribution < -0.4 is 15.5 Å². The number of amides is 1. The highest BCUT2D eigenvalue weighted by Gasteiger charge is 2.26. The Bertz CT molecular complexity index is 816. The van der Waals surface area contributed by atoms with Gasteiger partial charge in [-0.05, 0) is 12.1 Å². The summed E-state index contributed by atoms with van der Waals surface area (Å²) in [7, 11) is 0. The first kappa shape index (κ1) is 18.9. The van der Waals surface area contributed by atoms with E-state index < -0.39 is 0 Å². The van der Waals surface area contributed by atoms with Crippen LogP contribution in [0.4, 0.5) is 21.2 Å². The molecule has 150 valence electrons. The van der Waals surface area contributed by atoms with E-state index in [0.29, 0.717) is 44.4 Å². The number of benzene rings is 1. The molecule has 0 unspecified atom stereocenters. The molecule has 0 saturated carbocycles. The number of nitrogens with two attached hydrogens (primary N) is 1. The van der Waals surface area contributed by atoms with Crippen molar-refractivity contribution in [2.24, 2.45) is 0 Å². The quantitative estimate of drug-likeness (QED) is 0.803. The number of rotatable bonds is 4. The summed E-state index contributed by atoms with van der Waals surface area (Å²) in [6, 6.07) is 6.80. The second-order valence-electron chi connectivity index (χ2n) is 7.02. The SMILES string of the molecule is Nc1nsc(N2CCN(CC(=O)N3CCN(c4ccccc4F)CC3)CC2)n1. The minimum Gasteiger partial charge on any atom is -0.367 e. The van der Waals surface area contributed by atoms with Crippen LogP contribution >= 0.6 is 11.5 Å². The van der Waals surface area contributed by atoms with Crippen LogP contribution in [0.15, 0.2) is 24.3 Å². The summed E-state index contributed by atoms with van der Waals surface area (Å²) < 4.78 is 18.0. The summed E-state index contributed by atoms with van der Waals surface area (Å²) in [5.74, 6) is 0.242. The lowest BCUT2D eigenvalue weighted by Crippen LogP contribution is -2.54. The average molecular weight is 406 g/mol. The van der Waals surface area contributed by atoms with Crippen LogP contribution in [-0.4, -0.2) is 84.0 Å². The number of nitrogen functional groups attached to an aromatic ring is 1. The smallest absolute Gasteiger partial charge is 0.236 e. The Morgan fingerprint density at radius 1 is 1.04 bits per heavy atom. The molecule has 2 aromatic rings. The molecule has 0 aliphatic carbocycles. The van der Waals surface area contributed by atoms with Crippen LogP contribution in [-0.2, 0) is 4.79 Å². The van der Waals surface area contributed by atoms with Crippen molar-refractivity contribution in [2.75, 3.05) is 74.4 Å². The van der Waals surface area contributed by atoms with E-state index in [4.69, 9.17) is 5.73 Å². The number of piperazine rings is 2. The van der Waals surface area contributed by atoms with Gasteiger partial charge in [0, 0.05) is 63.9 Å². The molecule has 2 saturated heterocycles. The van der Waals surface area contributed by atoms with Gasteiger partial charge in [-0.2, -0.15) is 9.36 Å². The van der Waals surface area contributed by atoms with Gasteiger partial charge in [-0.15, -0.1) is 0 Å². The van der Waals surface area contributed by atoms with Crippen LogP contribution in [0.5, 0.6) is 0 Å². The largest absolute Gasteiger partial charge is 0.367 e. The molecule has 1 aromatic carbocycles. The second-order valence-corrected chi connectivity index (χ2v) is 7.75. The Balaban J connectivity index is 1.24. The van der Waals surface area contributed by atoms with E-state index in [0.717, 1.165) is 31.3 Å². The van der Waals surface area contributed by atoms with Crippen LogP contribution in [0.1, 0.15) is 0 Å². The summed E-state index contributed by atoms with van der Waals surface area (Å²) in [5.41, 5.74) is 6.21. The Morgan fingerprint density at radius 2 is 1.71 bits per heavy atom. The molecule has 0 bridgehead atoms. The topological polar surface area (TPSA) is 81.8 Å². The van der Waals surface area contributed by atoms with Gasteiger partial charge in [0.1, 0.15) is 5.82 Å². The fraction of sp³-hybridized carbons (Fsp3) is 0.500. The van der Waals surface area contributed by atoms with Crippen LogP contribution in [0, 0.1) is 5.82 Å². The molecule has 0 spiro atoms. The maximum absolute atomic E-state index is 13.9. The third-order valence-electron chi connectivity index (χ3n) is 5.26. The van der Waals surface area contributed by atoms with Crippen LogP contribution in [0.25, 0.3) is 0 Å². The highest BCUT2D eigenvalue weighted by Crippen LogP contribution is 2.21. The molecular formula is C18H24FN7OS. The molecular weight excluding hydrogens is 381 g/mol. The molecule has 4 rings (SSSR count). The van der Waals surface area contributed by atoms with Gasteiger partial charge in [-0.3, -0.25) is 9.69 Å². The van der Waals surface area contributed by atoms with Gasteiger partial charge >= 0.3 is 0 Å². The third-order valence-corrected chi connectivity index (χ3v) is 6.05. The Hall–Kier alpha value is -2.46. The summed E-state index contributed by atoms with van der Waals surface area (Å²) >= 11 is 1.31. The summed E-state index contributed by atoms with van der Waals surface area (Å²) in [4.78, 5) is 25.1. The van der Waals surface area contributed by atoms with Crippen molar-refractivity contribution >= 4 is 34.2 Å². The van der Waals surface area contributed by atoms with E-state index >= 15 is 0 Å². The van der Waals surface area contributed by atoms with Gasteiger partial charge in [0.15, 0.2) is 0 Å². The molecule has 8 nitrogen and oxygen atoms in total. The number of para-hydroxylation sites is 1. The van der Waals surface area contributed by atoms with E-state index in [1.165, 1.54) is 17.6 Å². The highest BCUT2D eigenvalue weighted by atomic mass is 32.1. The molecule has 1 aromatic heterocycles. The van der Waals surface area contributed by atoms with Crippen molar-refractivity contribution in [3.05, 3.63) is 30.1 Å². The molecule has 0 atom stereocenters. The highest BCUT2D eigenvalue weighted by molar-refractivity contribution is 7.09. The van der Waals surface area contributed by atoms with Crippen LogP contribution in [0.2, 0.25) is 0 Å². The first-order chi connectivity index (χ1) is 13.6. The Kier molecular flexibility index (Phi) is 5.58. The predicted octanol–water partition coefficient (Wildman–Crippen LogP) is 0.730. The summed E-state index contributed by atoms with van der Waals surface area (Å²) in [6.45, 7) is 6.20. The molecule has 2 fully saturated rings. The lowest BCUT2D eigenvalue weighted by atomic mass is 10.2. The van der Waals surface area contributed by atoms with Gasteiger partial charge < -0.3 is 20.4 Å². The minimum atomic E-state index is -0.211. The zero-order valence-corrected chi connectivity index (χ0v) is 16.4. The zero-order valence-electron chi connectivity index (χ0n) is 15.6. The lowest BCUT2D eigenvalue weighted by molar-refractivity contribution is -0.132. The van der Waals surface area contributed by atoms with Gasteiger partial charge in [0.2, 0.25) is 17.0 Å². The standard InChI is InChI=1S/C18H24FN7OS/c19-14-3-1-2-4-15(14)24-9-11-25(12-10-24)16(27)13-23-5-7-26(8-6-23)18-21-17(20)22-28-18/h1-4H,5-13H2,(H2,20,22). The first-order valence-corrected chi connectivity index (χ1v) is 10.2. The van der Waals surface area contributed by atoms with Crippen molar-refractivity contribution in [1.29, 1.82) is 0 Å². The molecule has 0 radical (unpaired) electrons. The van der Waals surface area contributed by atoms with Crippen molar-refractivity contribution in [1.82, 2.24) is 19.2 Å². The van der Waals surface area contributed by atoms with Crippen LogP contribution in [0.3, 0.4) is 0 Å². The summed E-state index contributed by atoms with van der Waals surface area (Å²) in [5, 5.41) is 0.841. The summed E-state index contributed by atoms with van der Waals surface area (Å²) in [6.07, 6.45) is 0. The molecule has 10 heteroatoms. The van der Waals surface area contributed by atoms with Crippen molar-refractivity contribution in [3.8, 4) is 0 Å². The zero-order chi connectivity index (χ0) is 19.5. The van der Waals surface area contributed by atoms with Gasteiger partial charge in [-0.1, -0.05) is 12.1 Å². The Morgan fingerprint density at radius 3 is 2.36 bits per heavy atom. The number of hydrogen-bond donors (Lipinski definition) is 1. The second kappa shape index (κ2) is 8.27. The fourth-order valence-corrected chi connectivity index (χ4v) is 4.30. The van der Waals surface area contributed by atoms with E-state index in [1.54, 1.807) is 12.1 Å². The molecule has 2 aliphatic rings. The van der Waals surface area contributed by atoms with E-state index in [-0.39, 0.29) is 11.7 Å². The van der Waals surface area contributed by atoms with E-state index in [9.17, 15) is 9.18 Å². The van der Waals surface area contributed by atoms with E-state index in [1.807, 2.05) is 15.9 Å². The average Bonchev–Trinajstić information content (AvgIpc) is 3.15. The maximum Gasteiger partial charge on any atom is 0.236 e. The number of halogens is 1. The monoisotopic (exact) mass is 405 g/mol. The molecule has 2 aliphatic heterocycles. The third kappa shape index (κ3) is 4.17. The van der Waals surface area contributed by atoms with Gasteiger partial charge in [0.25, 0.3) is 0 Å². The Labute approximate surface area is 167 Å². The van der Waals surface area contributed by atoms with Crippen molar-refractivity contribution < 1.29 is 9.18 Å². The number of anilines is 3. The minimum absolute atomic E-state index is 0.141. The predicted molar refractivity (Wildman–Crippen MR) is 108 cm³/mol. The number of nitrogens with zero attached hydrogens (tertiary/aromatic N) is 6. The van der Waals surface area contributed by atoms with E-state index in [2.05, 4.69) is 19.2 Å². The molecule has 2 N–H and O–H groups in total. The first-order valence-electron chi connectivity index (χ1n) is 9.44. The number of carbonyl (C=O) groups is 1.